The molecule has 4 aliphatic carbocycles. The van der Waals surface area contributed by atoms with Crippen molar-refractivity contribution < 1.29 is 9.47 Å². The number of ether oxygens (including phenoxy) is 2. The maximum absolute atomic E-state index is 6.36. The Balaban J connectivity index is 1.23. The Morgan fingerprint density at radius 2 is 1.15 bits per heavy atom. The molecule has 5 nitrogen and oxygen atoms in total. The summed E-state index contributed by atoms with van der Waals surface area (Å²) in [4.78, 5) is 9.91. The van der Waals surface area contributed by atoms with Crippen molar-refractivity contribution in [2.24, 2.45) is 43.5 Å². The first-order valence-electron chi connectivity index (χ1n) is 10.9. The third-order valence-electron chi connectivity index (χ3n) is 10.7. The predicted molar refractivity (Wildman–Crippen MR) is 105 cm³/mol. The number of hydrogen-bond acceptors (Lipinski definition) is 5. The van der Waals surface area contributed by atoms with Crippen LogP contribution in [0.3, 0.4) is 0 Å². The average Bonchev–Trinajstić information content (AvgIpc) is 3.33. The zero-order chi connectivity index (χ0) is 19.0. The molecule has 0 aromatic heterocycles. The van der Waals surface area contributed by atoms with E-state index in [4.69, 9.17) is 19.5 Å². The van der Waals surface area contributed by atoms with Crippen molar-refractivity contribution in [3.63, 3.8) is 0 Å². The molecule has 27 heavy (non-hydrogen) atoms. The van der Waals surface area contributed by atoms with Gasteiger partial charge >= 0.3 is 0 Å². The largest absolute Gasteiger partial charge is 0.459 e. The Morgan fingerprint density at radius 3 is 1.52 bits per heavy atom. The van der Waals surface area contributed by atoms with Gasteiger partial charge in [0, 0.05) is 10.8 Å². The highest BCUT2D eigenvalue weighted by atomic mass is 16.5. The summed E-state index contributed by atoms with van der Waals surface area (Å²) in [6, 6.07) is 1.84. The highest BCUT2D eigenvalue weighted by Crippen LogP contribution is 2.69. The molecule has 4 bridgehead atoms. The second-order valence-electron chi connectivity index (χ2n) is 11.6. The molecule has 0 unspecified atom stereocenters. The lowest BCUT2D eigenvalue weighted by Gasteiger charge is -2.38. The molecule has 6 aliphatic rings. The van der Waals surface area contributed by atoms with Gasteiger partial charge in [0.1, 0.15) is 12.2 Å². The molecule has 0 aromatic carbocycles. The average molecular weight is 372 g/mol. The summed E-state index contributed by atoms with van der Waals surface area (Å²) in [6.45, 7) is 14.4. The van der Waals surface area contributed by atoms with Gasteiger partial charge in [0.25, 0.3) is 12.0 Å². The van der Waals surface area contributed by atoms with Gasteiger partial charge in [-0.05, 0) is 48.3 Å². The molecule has 0 aromatic rings. The minimum Gasteiger partial charge on any atom is -0.459 e. The molecule has 1 N–H and O–H groups in total. The van der Waals surface area contributed by atoms with Crippen molar-refractivity contribution in [2.45, 2.75) is 91.5 Å². The van der Waals surface area contributed by atoms with Gasteiger partial charge in [-0.1, -0.05) is 41.5 Å². The molecule has 8 atom stereocenters. The zero-order valence-corrected chi connectivity index (χ0v) is 17.5. The van der Waals surface area contributed by atoms with E-state index in [1.807, 2.05) is 0 Å². The topological polar surface area (TPSA) is 55.2 Å². The van der Waals surface area contributed by atoms with Crippen molar-refractivity contribution in [3.05, 3.63) is 0 Å². The van der Waals surface area contributed by atoms with E-state index < -0.39 is 0 Å². The number of aliphatic imine (C=N–C) groups is 2. The maximum atomic E-state index is 6.36. The summed E-state index contributed by atoms with van der Waals surface area (Å²) in [5, 5.41) is 3.32. The summed E-state index contributed by atoms with van der Waals surface area (Å²) in [6.07, 6.45) is 5.41. The molecular formula is C22H33N3O2. The Labute approximate surface area is 162 Å². The van der Waals surface area contributed by atoms with Crippen LogP contribution in [0.2, 0.25) is 0 Å². The van der Waals surface area contributed by atoms with Crippen LogP contribution in [0.5, 0.6) is 0 Å². The van der Waals surface area contributed by atoms with E-state index in [2.05, 4.69) is 46.9 Å². The maximum Gasteiger partial charge on any atom is 0.293 e. The molecule has 2 heterocycles. The Morgan fingerprint density at radius 1 is 0.741 bits per heavy atom. The molecule has 0 saturated heterocycles. The number of hydrogen-bond donors (Lipinski definition) is 1. The summed E-state index contributed by atoms with van der Waals surface area (Å²) >= 11 is 0. The van der Waals surface area contributed by atoms with E-state index in [1.165, 1.54) is 25.7 Å². The molecule has 5 heteroatoms. The molecule has 6 rings (SSSR count). The Kier molecular flexibility index (Phi) is 2.77. The van der Waals surface area contributed by atoms with E-state index in [1.54, 1.807) is 0 Å². The summed E-state index contributed by atoms with van der Waals surface area (Å²) in [7, 11) is 0. The van der Waals surface area contributed by atoms with Gasteiger partial charge < -0.3 is 9.47 Å². The van der Waals surface area contributed by atoms with Crippen molar-refractivity contribution in [1.82, 2.24) is 5.32 Å². The zero-order valence-electron chi connectivity index (χ0n) is 17.5. The van der Waals surface area contributed by atoms with Crippen LogP contribution in [0, 0.1) is 33.5 Å². The number of rotatable bonds is 0. The molecule has 148 valence electrons. The van der Waals surface area contributed by atoms with Gasteiger partial charge in [0.2, 0.25) is 0 Å². The van der Waals surface area contributed by atoms with Crippen molar-refractivity contribution in [1.29, 1.82) is 0 Å². The minimum absolute atomic E-state index is 0.197. The first-order chi connectivity index (χ1) is 12.6. The number of nitrogens with one attached hydrogen (secondary N) is 1. The molecule has 0 amide bonds. The lowest BCUT2D eigenvalue weighted by Crippen LogP contribution is -2.43. The number of amidine groups is 2. The smallest absolute Gasteiger partial charge is 0.293 e. The lowest BCUT2D eigenvalue weighted by atomic mass is 9.70. The van der Waals surface area contributed by atoms with Crippen LogP contribution >= 0.6 is 0 Å². The van der Waals surface area contributed by atoms with Crippen LogP contribution in [-0.4, -0.2) is 36.3 Å². The van der Waals surface area contributed by atoms with E-state index in [0.717, 1.165) is 0 Å². The van der Waals surface area contributed by atoms with Crippen LogP contribution < -0.4 is 5.32 Å². The fourth-order valence-electron chi connectivity index (χ4n) is 8.01. The van der Waals surface area contributed by atoms with Gasteiger partial charge in [0.15, 0.2) is 0 Å². The standard InChI is InChI=1S/C22H33N3O2/c1-19(2)11-7-9-21(19,5)15-13(11)23-17(26-15)25-18-24-14-12-8-10-22(6,16(14)27-18)20(12,3)4/h11-16H,7-10H2,1-6H3,(H,23,24,25)/t11-,12-,13-,14-,15-,16-,21+,22+/m1/s1. The first-order valence-corrected chi connectivity index (χ1v) is 10.9. The molecule has 4 saturated carbocycles. The second-order valence-corrected chi connectivity index (χ2v) is 11.6. The van der Waals surface area contributed by atoms with Gasteiger partial charge in [0.05, 0.1) is 12.1 Å². The quantitative estimate of drug-likeness (QED) is 0.706. The summed E-state index contributed by atoms with van der Waals surface area (Å²) in [5.74, 6) is 1.24. The number of nitrogens with zero attached hydrogens (tertiary/aromatic N) is 2. The fraction of sp³-hybridized carbons (Fsp3) is 0.909. The highest BCUT2D eigenvalue weighted by Gasteiger charge is 2.71. The Hall–Kier alpha value is -1.26. The van der Waals surface area contributed by atoms with Crippen LogP contribution in [0.15, 0.2) is 9.98 Å². The summed E-state index contributed by atoms with van der Waals surface area (Å²) in [5.41, 5.74) is 1.02. The van der Waals surface area contributed by atoms with Gasteiger partial charge in [-0.25, -0.2) is 9.98 Å². The lowest BCUT2D eigenvalue weighted by molar-refractivity contribution is 0.0209. The van der Waals surface area contributed by atoms with Crippen LogP contribution in [-0.2, 0) is 9.47 Å². The molecule has 4 fully saturated rings. The van der Waals surface area contributed by atoms with Crippen LogP contribution in [0.25, 0.3) is 0 Å². The Bertz CT molecular complexity index is 722. The van der Waals surface area contributed by atoms with Gasteiger partial charge in [-0.15, -0.1) is 0 Å². The fourth-order valence-corrected chi connectivity index (χ4v) is 8.01. The van der Waals surface area contributed by atoms with Crippen molar-refractivity contribution in [2.75, 3.05) is 0 Å². The van der Waals surface area contributed by atoms with E-state index in [-0.39, 0.29) is 35.1 Å². The third kappa shape index (κ3) is 1.62. The predicted octanol–water partition coefficient (Wildman–Crippen LogP) is 3.74. The molecule has 0 spiro atoms. The summed E-state index contributed by atoms with van der Waals surface area (Å²) < 4.78 is 12.7. The van der Waals surface area contributed by atoms with Gasteiger partial charge in [-0.3, -0.25) is 5.32 Å². The molecular weight excluding hydrogens is 338 g/mol. The van der Waals surface area contributed by atoms with Crippen molar-refractivity contribution in [3.8, 4) is 0 Å². The van der Waals surface area contributed by atoms with Crippen LogP contribution in [0.1, 0.15) is 67.2 Å². The molecule has 0 radical (unpaired) electrons. The minimum atomic E-state index is 0.197. The third-order valence-corrected chi connectivity index (χ3v) is 10.7. The van der Waals surface area contributed by atoms with E-state index in [0.29, 0.717) is 34.7 Å². The number of fused-ring (bicyclic) bond motifs is 10. The normalized spacial score (nSPS) is 54.9. The second kappa shape index (κ2) is 4.49. The molecule has 2 aliphatic heterocycles. The SMILES string of the molecule is CC1(C)[C@@H]2CC[C@@]1(C)[C@@H]1OC(NC3=N[C@@H]4[C@H]5CC[C@@](C)([C@@H]4O3)C5(C)C)=N[C@H]21. The monoisotopic (exact) mass is 371 g/mol. The van der Waals surface area contributed by atoms with E-state index >= 15 is 0 Å². The van der Waals surface area contributed by atoms with Gasteiger partial charge in [-0.2, -0.15) is 0 Å². The van der Waals surface area contributed by atoms with Crippen LogP contribution in [0.4, 0.5) is 0 Å². The first kappa shape index (κ1) is 16.7. The van der Waals surface area contributed by atoms with Crippen molar-refractivity contribution >= 4 is 12.0 Å². The highest BCUT2D eigenvalue weighted by molar-refractivity contribution is 5.95. The van der Waals surface area contributed by atoms with E-state index in [9.17, 15) is 0 Å².